The lowest BCUT2D eigenvalue weighted by atomic mass is 10.1. The molecule has 0 radical (unpaired) electrons. The lowest BCUT2D eigenvalue weighted by molar-refractivity contribution is -0.116. The summed E-state index contributed by atoms with van der Waals surface area (Å²) in [6.07, 6.45) is -0.197. The van der Waals surface area contributed by atoms with Crippen LogP contribution in [-0.4, -0.2) is 22.0 Å². The van der Waals surface area contributed by atoms with Gasteiger partial charge in [0, 0.05) is 6.42 Å². The number of carbonyl (C=O) groups excluding carboxylic acids is 2. The van der Waals surface area contributed by atoms with Gasteiger partial charge in [-0.2, -0.15) is 0 Å². The Morgan fingerprint density at radius 2 is 1.72 bits per heavy atom. The molecular formula is C18H13F3N4O3S. The number of amides is 2. The highest BCUT2D eigenvalue weighted by Crippen LogP contribution is 2.25. The normalized spacial score (nSPS) is 10.6. The van der Waals surface area contributed by atoms with E-state index >= 15 is 0 Å². The Kier molecular flexibility index (Phi) is 6.07. The van der Waals surface area contributed by atoms with E-state index < -0.39 is 45.4 Å². The highest BCUT2D eigenvalue weighted by Gasteiger charge is 2.23. The maximum atomic E-state index is 14.2. The number of aromatic nitrogens is 2. The van der Waals surface area contributed by atoms with Crippen LogP contribution in [-0.2, 0) is 11.2 Å². The van der Waals surface area contributed by atoms with E-state index in [1.54, 1.807) is 6.07 Å². The third kappa shape index (κ3) is 4.88. The summed E-state index contributed by atoms with van der Waals surface area (Å²) in [7, 11) is 0. The van der Waals surface area contributed by atoms with Crippen molar-refractivity contribution in [3.05, 3.63) is 74.6 Å². The smallest absolute Gasteiger partial charge is 0.323 e. The summed E-state index contributed by atoms with van der Waals surface area (Å²) in [5.41, 5.74) is -1.13. The Morgan fingerprint density at radius 3 is 2.41 bits per heavy atom. The number of carbonyl (C=O) groups is 2. The Morgan fingerprint density at radius 1 is 1.00 bits per heavy atom. The Labute approximate surface area is 165 Å². The summed E-state index contributed by atoms with van der Waals surface area (Å²) < 4.78 is 42.1. The fourth-order valence-corrected chi connectivity index (χ4v) is 2.99. The van der Waals surface area contributed by atoms with Gasteiger partial charge in [-0.1, -0.05) is 18.2 Å². The predicted molar refractivity (Wildman–Crippen MR) is 100 cm³/mol. The van der Waals surface area contributed by atoms with Crippen molar-refractivity contribution in [2.24, 2.45) is 0 Å². The molecule has 3 N–H and O–H groups in total. The molecule has 0 saturated heterocycles. The SMILES string of the molecule is O=C(CCc1ccccc1F)Nc1c(F)ccc(F)c1C(=O)Nc1n[nH]c(=O)s1. The van der Waals surface area contributed by atoms with E-state index in [2.05, 4.69) is 20.8 Å². The number of nitrogens with one attached hydrogen (secondary N) is 3. The lowest BCUT2D eigenvalue weighted by Gasteiger charge is -2.12. The zero-order chi connectivity index (χ0) is 21.0. The molecule has 2 amide bonds. The van der Waals surface area contributed by atoms with Crippen molar-refractivity contribution >= 4 is 34.0 Å². The molecule has 3 aromatic rings. The van der Waals surface area contributed by atoms with Gasteiger partial charge < -0.3 is 5.32 Å². The van der Waals surface area contributed by atoms with Crippen LogP contribution in [0.5, 0.6) is 0 Å². The fraction of sp³-hybridized carbons (Fsp3) is 0.111. The molecule has 11 heteroatoms. The van der Waals surface area contributed by atoms with Gasteiger partial charge in [-0.25, -0.2) is 18.3 Å². The van der Waals surface area contributed by atoms with Crippen LogP contribution in [0.25, 0.3) is 0 Å². The second-order valence-electron chi connectivity index (χ2n) is 5.79. The topological polar surface area (TPSA) is 104 Å². The summed E-state index contributed by atoms with van der Waals surface area (Å²) in [5, 5.41) is 9.73. The molecule has 0 bridgehead atoms. The number of nitrogens with zero attached hydrogens (tertiary/aromatic N) is 1. The Bertz CT molecular complexity index is 1130. The number of hydrogen-bond acceptors (Lipinski definition) is 5. The van der Waals surface area contributed by atoms with E-state index in [0.717, 1.165) is 12.1 Å². The van der Waals surface area contributed by atoms with Crippen molar-refractivity contribution in [3.63, 3.8) is 0 Å². The molecule has 0 atom stereocenters. The van der Waals surface area contributed by atoms with Gasteiger partial charge in [0.1, 0.15) is 23.0 Å². The van der Waals surface area contributed by atoms with Gasteiger partial charge in [-0.05, 0) is 41.5 Å². The van der Waals surface area contributed by atoms with E-state index in [9.17, 15) is 27.6 Å². The van der Waals surface area contributed by atoms with E-state index in [1.165, 1.54) is 18.2 Å². The molecule has 7 nitrogen and oxygen atoms in total. The van der Waals surface area contributed by atoms with Gasteiger partial charge in [0.15, 0.2) is 0 Å². The van der Waals surface area contributed by atoms with Crippen molar-refractivity contribution < 1.29 is 22.8 Å². The van der Waals surface area contributed by atoms with Gasteiger partial charge in [-0.3, -0.25) is 19.7 Å². The van der Waals surface area contributed by atoms with Crippen molar-refractivity contribution in [2.75, 3.05) is 10.6 Å². The zero-order valence-electron chi connectivity index (χ0n) is 14.6. The number of anilines is 2. The molecule has 1 heterocycles. The average molecular weight is 422 g/mol. The Hall–Kier alpha value is -3.47. The minimum atomic E-state index is -1.10. The summed E-state index contributed by atoms with van der Waals surface area (Å²) in [5.74, 6) is -4.46. The van der Waals surface area contributed by atoms with E-state index in [4.69, 9.17) is 0 Å². The maximum absolute atomic E-state index is 14.2. The fourth-order valence-electron chi connectivity index (χ4n) is 2.49. The molecule has 0 aliphatic carbocycles. The van der Waals surface area contributed by atoms with Gasteiger partial charge in [0.05, 0.1) is 5.69 Å². The third-order valence-corrected chi connectivity index (χ3v) is 4.50. The summed E-state index contributed by atoms with van der Waals surface area (Å²) in [6.45, 7) is 0. The Balaban J connectivity index is 1.78. The first kappa shape index (κ1) is 20.3. The molecule has 2 aromatic carbocycles. The largest absolute Gasteiger partial charge is 0.324 e. The quantitative estimate of drug-likeness (QED) is 0.568. The zero-order valence-corrected chi connectivity index (χ0v) is 15.4. The summed E-state index contributed by atoms with van der Waals surface area (Å²) in [4.78, 5) is 35.1. The van der Waals surface area contributed by atoms with Crippen molar-refractivity contribution in [2.45, 2.75) is 12.8 Å². The minimum Gasteiger partial charge on any atom is -0.323 e. The lowest BCUT2D eigenvalue weighted by Crippen LogP contribution is -2.21. The van der Waals surface area contributed by atoms with Crippen LogP contribution in [0.4, 0.5) is 24.0 Å². The monoisotopic (exact) mass is 422 g/mol. The number of hydrogen-bond donors (Lipinski definition) is 3. The van der Waals surface area contributed by atoms with Gasteiger partial charge in [0.25, 0.3) is 5.91 Å². The van der Waals surface area contributed by atoms with Crippen LogP contribution in [0.15, 0.2) is 41.2 Å². The first-order chi connectivity index (χ1) is 13.8. The standard InChI is InChI=1S/C18H13F3N4O3S/c19-10-4-2-1-3-9(10)5-8-13(26)22-15-12(21)7-6-11(20)14(15)16(27)23-17-24-25-18(28)29-17/h1-4,6-7H,5,8H2,(H,22,26)(H,25,28)(H,23,24,27). The first-order valence-corrected chi connectivity index (χ1v) is 9.05. The molecule has 29 heavy (non-hydrogen) atoms. The summed E-state index contributed by atoms with van der Waals surface area (Å²) in [6, 6.07) is 7.33. The molecule has 3 rings (SSSR count). The van der Waals surface area contributed by atoms with Crippen LogP contribution in [0.1, 0.15) is 22.3 Å². The molecular weight excluding hydrogens is 409 g/mol. The molecule has 0 aliphatic rings. The first-order valence-electron chi connectivity index (χ1n) is 8.23. The second kappa shape index (κ2) is 8.69. The van der Waals surface area contributed by atoms with Crippen molar-refractivity contribution in [1.29, 1.82) is 0 Å². The minimum absolute atomic E-state index is 0.0260. The highest BCUT2D eigenvalue weighted by molar-refractivity contribution is 7.13. The molecule has 0 unspecified atom stereocenters. The average Bonchev–Trinajstić information content (AvgIpc) is 3.08. The van der Waals surface area contributed by atoms with Crippen molar-refractivity contribution in [1.82, 2.24) is 10.2 Å². The van der Waals surface area contributed by atoms with Gasteiger partial charge in [-0.15, -0.1) is 5.10 Å². The third-order valence-electron chi connectivity index (χ3n) is 3.83. The number of aromatic amines is 1. The van der Waals surface area contributed by atoms with Crippen LogP contribution >= 0.6 is 11.3 Å². The second-order valence-corrected chi connectivity index (χ2v) is 6.75. The van der Waals surface area contributed by atoms with Crippen LogP contribution < -0.4 is 15.5 Å². The predicted octanol–water partition coefficient (Wildman–Crippen LogP) is 3.07. The molecule has 0 aliphatic heterocycles. The highest BCUT2D eigenvalue weighted by atomic mass is 32.1. The molecule has 1 aromatic heterocycles. The van der Waals surface area contributed by atoms with Crippen LogP contribution in [0.2, 0.25) is 0 Å². The molecule has 0 saturated carbocycles. The molecule has 0 fully saturated rings. The van der Waals surface area contributed by atoms with Crippen LogP contribution in [0.3, 0.4) is 0 Å². The van der Waals surface area contributed by atoms with E-state index in [0.29, 0.717) is 11.3 Å². The molecule has 0 spiro atoms. The van der Waals surface area contributed by atoms with Gasteiger partial charge >= 0.3 is 4.87 Å². The van der Waals surface area contributed by atoms with Crippen molar-refractivity contribution in [3.8, 4) is 0 Å². The van der Waals surface area contributed by atoms with Gasteiger partial charge in [0.2, 0.25) is 11.0 Å². The van der Waals surface area contributed by atoms with E-state index in [1.807, 2.05) is 0 Å². The number of benzene rings is 2. The summed E-state index contributed by atoms with van der Waals surface area (Å²) >= 11 is 0.554. The number of rotatable bonds is 6. The number of halogens is 3. The van der Waals surface area contributed by atoms with E-state index in [-0.39, 0.29) is 23.5 Å². The van der Waals surface area contributed by atoms with Crippen LogP contribution in [0, 0.1) is 17.5 Å². The molecule has 150 valence electrons. The number of H-pyrrole nitrogens is 1. The maximum Gasteiger partial charge on any atom is 0.324 e. The number of aryl methyl sites for hydroxylation is 1.